The first-order valence-electron chi connectivity index (χ1n) is 9.77. The molecule has 29 heavy (non-hydrogen) atoms. The summed E-state index contributed by atoms with van der Waals surface area (Å²) in [5.74, 6) is -0.155. The lowest BCUT2D eigenvalue weighted by Gasteiger charge is -2.20. The van der Waals surface area contributed by atoms with Crippen LogP contribution in [-0.2, 0) is 4.79 Å². The van der Waals surface area contributed by atoms with Gasteiger partial charge in [-0.05, 0) is 50.1 Å². The summed E-state index contributed by atoms with van der Waals surface area (Å²) in [6.45, 7) is 1.82. The Balaban J connectivity index is 1.64. The van der Waals surface area contributed by atoms with Crippen LogP contribution in [0.5, 0.6) is 0 Å². The highest BCUT2D eigenvalue weighted by atomic mass is 35.5. The highest BCUT2D eigenvalue weighted by Gasteiger charge is 2.25. The minimum Gasteiger partial charge on any atom is -0.325 e. The summed E-state index contributed by atoms with van der Waals surface area (Å²) in [5.41, 5.74) is 1.29. The number of hydrogen-bond acceptors (Lipinski definition) is 4. The number of carbonyl (C=O) groups is 1. The zero-order chi connectivity index (χ0) is 20.4. The number of nitrogens with one attached hydrogen (secondary N) is 1. The smallest absolute Gasteiger partial charge is 0.262 e. The molecule has 4 rings (SSSR count). The molecule has 3 aromatic rings. The largest absolute Gasteiger partial charge is 0.325 e. The maximum absolute atomic E-state index is 13.2. The molecule has 1 unspecified atom stereocenters. The van der Waals surface area contributed by atoms with Crippen molar-refractivity contribution in [1.29, 1.82) is 0 Å². The zero-order valence-electron chi connectivity index (χ0n) is 16.1. The second kappa shape index (κ2) is 8.59. The number of halogens is 1. The Labute approximate surface area is 178 Å². The fourth-order valence-corrected chi connectivity index (χ4v) is 4.88. The lowest BCUT2D eigenvalue weighted by molar-refractivity contribution is -0.115. The predicted molar refractivity (Wildman–Crippen MR) is 119 cm³/mol. The molecule has 0 bridgehead atoms. The summed E-state index contributed by atoms with van der Waals surface area (Å²) < 4.78 is 1.81. The zero-order valence-corrected chi connectivity index (χ0v) is 17.7. The number of carbonyl (C=O) groups excluding carboxylic acids is 1. The number of hydrogen-bond donors (Lipinski definition) is 1. The number of anilines is 1. The first-order valence-corrected chi connectivity index (χ1v) is 11.0. The summed E-state index contributed by atoms with van der Waals surface area (Å²) in [7, 11) is 0. The SMILES string of the molecule is CC(Sc1nc2ccccc2c(=O)n1C1CCCC1)C(=O)Nc1cccc(Cl)c1. The highest BCUT2D eigenvalue weighted by molar-refractivity contribution is 8.00. The Hall–Kier alpha value is -2.31. The number of thioether (sulfide) groups is 1. The molecule has 1 aromatic heterocycles. The van der Waals surface area contributed by atoms with Gasteiger partial charge in [-0.1, -0.05) is 54.4 Å². The van der Waals surface area contributed by atoms with Crippen molar-refractivity contribution < 1.29 is 4.79 Å². The van der Waals surface area contributed by atoms with Gasteiger partial charge >= 0.3 is 0 Å². The van der Waals surface area contributed by atoms with E-state index in [-0.39, 0.29) is 17.5 Å². The Kier molecular flexibility index (Phi) is 5.92. The molecule has 0 spiro atoms. The second-order valence-corrected chi connectivity index (χ2v) is 9.03. The molecule has 1 aliphatic carbocycles. The molecule has 1 heterocycles. The molecule has 1 saturated carbocycles. The topological polar surface area (TPSA) is 64.0 Å². The number of aromatic nitrogens is 2. The molecule has 0 saturated heterocycles. The van der Waals surface area contributed by atoms with E-state index in [1.165, 1.54) is 11.8 Å². The van der Waals surface area contributed by atoms with E-state index in [1.807, 2.05) is 35.8 Å². The molecule has 0 radical (unpaired) electrons. The monoisotopic (exact) mass is 427 g/mol. The van der Waals surface area contributed by atoms with Crippen molar-refractivity contribution in [3.05, 3.63) is 63.9 Å². The molecule has 0 aliphatic heterocycles. The van der Waals surface area contributed by atoms with Crippen molar-refractivity contribution >= 4 is 45.9 Å². The van der Waals surface area contributed by atoms with E-state index in [2.05, 4.69) is 5.32 Å². The van der Waals surface area contributed by atoms with Gasteiger partial charge in [0.05, 0.1) is 16.2 Å². The van der Waals surface area contributed by atoms with Crippen molar-refractivity contribution in [2.75, 3.05) is 5.32 Å². The number of nitrogens with zero attached hydrogens (tertiary/aromatic N) is 2. The third kappa shape index (κ3) is 4.33. The van der Waals surface area contributed by atoms with Crippen LogP contribution in [0.3, 0.4) is 0 Å². The average Bonchev–Trinajstić information content (AvgIpc) is 3.22. The van der Waals surface area contributed by atoms with Crippen molar-refractivity contribution in [2.24, 2.45) is 0 Å². The van der Waals surface area contributed by atoms with Crippen LogP contribution in [0, 0.1) is 0 Å². The quantitative estimate of drug-likeness (QED) is 0.444. The maximum atomic E-state index is 13.2. The summed E-state index contributed by atoms with van der Waals surface area (Å²) >= 11 is 7.32. The molecule has 1 N–H and O–H groups in total. The van der Waals surface area contributed by atoms with E-state index in [9.17, 15) is 9.59 Å². The number of benzene rings is 2. The predicted octanol–water partition coefficient (Wildman–Crippen LogP) is 5.28. The second-order valence-electron chi connectivity index (χ2n) is 7.28. The Morgan fingerprint density at radius 2 is 1.97 bits per heavy atom. The molecule has 150 valence electrons. The van der Waals surface area contributed by atoms with Crippen LogP contribution in [-0.4, -0.2) is 20.7 Å². The van der Waals surface area contributed by atoms with Crippen LogP contribution in [0.15, 0.2) is 58.5 Å². The first-order chi connectivity index (χ1) is 14.0. The van der Waals surface area contributed by atoms with Gasteiger partial charge in [0.2, 0.25) is 5.91 Å². The van der Waals surface area contributed by atoms with Gasteiger partial charge in [-0.15, -0.1) is 0 Å². The Bertz CT molecular complexity index is 1110. The van der Waals surface area contributed by atoms with Crippen LogP contribution in [0.25, 0.3) is 10.9 Å². The summed E-state index contributed by atoms with van der Waals surface area (Å²) in [4.78, 5) is 30.7. The standard InChI is InChI=1S/C22H22ClN3O2S/c1-14(20(27)24-16-8-6-7-15(23)13-16)29-22-25-19-12-5-4-11-18(19)21(28)26(22)17-9-2-3-10-17/h4-8,11-14,17H,2-3,9-10H2,1H3,(H,24,27). The van der Waals surface area contributed by atoms with E-state index in [1.54, 1.807) is 24.3 Å². The number of para-hydroxylation sites is 1. The fourth-order valence-electron chi connectivity index (χ4n) is 3.71. The lowest BCUT2D eigenvalue weighted by atomic mass is 10.2. The van der Waals surface area contributed by atoms with E-state index in [0.717, 1.165) is 25.7 Å². The van der Waals surface area contributed by atoms with Crippen LogP contribution < -0.4 is 10.9 Å². The van der Waals surface area contributed by atoms with E-state index < -0.39 is 5.25 Å². The van der Waals surface area contributed by atoms with E-state index >= 15 is 0 Å². The van der Waals surface area contributed by atoms with Crippen molar-refractivity contribution in [3.8, 4) is 0 Å². The molecular weight excluding hydrogens is 406 g/mol. The molecule has 1 fully saturated rings. The van der Waals surface area contributed by atoms with Crippen molar-refractivity contribution in [3.63, 3.8) is 0 Å². The minimum absolute atomic E-state index is 0.0209. The van der Waals surface area contributed by atoms with Crippen LogP contribution in [0.1, 0.15) is 38.6 Å². The van der Waals surface area contributed by atoms with Gasteiger partial charge in [0.15, 0.2) is 5.16 Å². The van der Waals surface area contributed by atoms with Crippen LogP contribution in [0.2, 0.25) is 5.02 Å². The van der Waals surface area contributed by atoms with Crippen LogP contribution >= 0.6 is 23.4 Å². The van der Waals surface area contributed by atoms with Gasteiger partial charge in [0.25, 0.3) is 5.56 Å². The van der Waals surface area contributed by atoms with Gasteiger partial charge in [-0.3, -0.25) is 14.2 Å². The van der Waals surface area contributed by atoms with Gasteiger partial charge in [0, 0.05) is 16.8 Å². The Morgan fingerprint density at radius 3 is 2.72 bits per heavy atom. The van der Waals surface area contributed by atoms with E-state index in [0.29, 0.717) is 26.8 Å². The third-order valence-electron chi connectivity index (χ3n) is 5.21. The fraction of sp³-hybridized carbons (Fsp3) is 0.318. The molecule has 1 amide bonds. The van der Waals surface area contributed by atoms with Gasteiger partial charge in [0.1, 0.15) is 0 Å². The normalized spacial score (nSPS) is 15.5. The van der Waals surface area contributed by atoms with Crippen LogP contribution in [0.4, 0.5) is 5.69 Å². The highest BCUT2D eigenvalue weighted by Crippen LogP contribution is 2.33. The minimum atomic E-state index is -0.422. The van der Waals surface area contributed by atoms with Gasteiger partial charge < -0.3 is 5.32 Å². The lowest BCUT2D eigenvalue weighted by Crippen LogP contribution is -2.29. The molecule has 1 aliphatic rings. The van der Waals surface area contributed by atoms with Gasteiger partial charge in [-0.2, -0.15) is 0 Å². The number of rotatable bonds is 5. The average molecular weight is 428 g/mol. The first kappa shape index (κ1) is 20.0. The number of amides is 1. The molecule has 2 aromatic carbocycles. The number of fused-ring (bicyclic) bond motifs is 1. The van der Waals surface area contributed by atoms with E-state index in [4.69, 9.17) is 16.6 Å². The third-order valence-corrected chi connectivity index (χ3v) is 6.51. The summed E-state index contributed by atoms with van der Waals surface area (Å²) in [6.07, 6.45) is 4.16. The summed E-state index contributed by atoms with van der Waals surface area (Å²) in [6, 6.07) is 14.6. The maximum Gasteiger partial charge on any atom is 0.262 e. The van der Waals surface area contributed by atoms with Crippen molar-refractivity contribution in [1.82, 2.24) is 9.55 Å². The molecule has 7 heteroatoms. The van der Waals surface area contributed by atoms with Gasteiger partial charge in [-0.25, -0.2) is 4.98 Å². The van der Waals surface area contributed by atoms with Crippen molar-refractivity contribution in [2.45, 2.75) is 49.1 Å². The summed E-state index contributed by atoms with van der Waals surface area (Å²) in [5, 5.41) is 4.26. The molecule has 1 atom stereocenters. The molecule has 5 nitrogen and oxygen atoms in total. The molecular formula is C22H22ClN3O2S. The Morgan fingerprint density at radius 1 is 1.21 bits per heavy atom.